The van der Waals surface area contributed by atoms with Gasteiger partial charge in [0.15, 0.2) is 0 Å². The van der Waals surface area contributed by atoms with Crippen LogP contribution in [0.1, 0.15) is 44.7 Å². The van der Waals surface area contributed by atoms with E-state index in [1.807, 2.05) is 12.5 Å². The molecule has 1 aromatic heterocycles. The molecule has 1 aromatic rings. The number of carbonyl (C=O) groups excluding carboxylic acids is 1. The molecular weight excluding hydrogens is 256 g/mol. The van der Waals surface area contributed by atoms with Crippen LogP contribution in [0.4, 0.5) is 0 Å². The van der Waals surface area contributed by atoms with E-state index in [1.54, 1.807) is 0 Å². The van der Waals surface area contributed by atoms with Gasteiger partial charge in [0.05, 0.1) is 44.0 Å². The molecule has 112 valence electrons. The van der Waals surface area contributed by atoms with Crippen molar-refractivity contribution < 1.29 is 14.3 Å². The molecule has 0 N–H and O–H groups in total. The average Bonchev–Trinajstić information content (AvgIpc) is 2.92. The van der Waals surface area contributed by atoms with Crippen molar-refractivity contribution in [2.45, 2.75) is 58.3 Å². The van der Waals surface area contributed by atoms with Crippen molar-refractivity contribution in [3.63, 3.8) is 0 Å². The smallest absolute Gasteiger partial charge is 0.308 e. The van der Waals surface area contributed by atoms with Crippen LogP contribution in [0.3, 0.4) is 0 Å². The number of methoxy groups -OCH3 is 1. The molecule has 0 saturated heterocycles. The fourth-order valence-electron chi connectivity index (χ4n) is 2.75. The summed E-state index contributed by atoms with van der Waals surface area (Å²) < 4.78 is 12.9. The standard InChI is InChI=1S/C15H24N2O3/c1-3-8-17-11-16-9-13(17)10-20-14-6-4-12(5-7-14)15(18)19-2/h9,11-12,14H,3-8,10H2,1-2H3. The second-order valence-electron chi connectivity index (χ2n) is 5.39. The van der Waals surface area contributed by atoms with Gasteiger partial charge in [-0.15, -0.1) is 0 Å². The van der Waals surface area contributed by atoms with E-state index in [0.29, 0.717) is 6.61 Å². The molecule has 1 fully saturated rings. The van der Waals surface area contributed by atoms with Crippen LogP contribution in [0.2, 0.25) is 0 Å². The lowest BCUT2D eigenvalue weighted by molar-refractivity contribution is -0.147. The van der Waals surface area contributed by atoms with Crippen LogP contribution in [0, 0.1) is 5.92 Å². The van der Waals surface area contributed by atoms with E-state index in [1.165, 1.54) is 7.11 Å². The summed E-state index contributed by atoms with van der Waals surface area (Å²) in [6.07, 6.45) is 8.67. The second kappa shape index (κ2) is 7.43. The van der Waals surface area contributed by atoms with Crippen molar-refractivity contribution in [2.75, 3.05) is 7.11 Å². The number of esters is 1. The Morgan fingerprint density at radius 3 is 2.80 bits per heavy atom. The normalized spacial score (nSPS) is 22.7. The summed E-state index contributed by atoms with van der Waals surface area (Å²) in [4.78, 5) is 15.6. The van der Waals surface area contributed by atoms with E-state index in [2.05, 4.69) is 16.5 Å². The first-order chi connectivity index (χ1) is 9.74. The Labute approximate surface area is 120 Å². The number of imidazole rings is 1. The summed E-state index contributed by atoms with van der Waals surface area (Å²) in [5, 5.41) is 0. The van der Waals surface area contributed by atoms with Crippen LogP contribution in [0.15, 0.2) is 12.5 Å². The van der Waals surface area contributed by atoms with Crippen LogP contribution >= 0.6 is 0 Å². The first kappa shape index (κ1) is 15.0. The first-order valence-corrected chi connectivity index (χ1v) is 7.43. The molecular formula is C15H24N2O3. The third kappa shape index (κ3) is 3.82. The van der Waals surface area contributed by atoms with E-state index in [0.717, 1.165) is 44.3 Å². The summed E-state index contributed by atoms with van der Waals surface area (Å²) >= 11 is 0. The molecule has 1 aliphatic carbocycles. The highest BCUT2D eigenvalue weighted by molar-refractivity contribution is 5.72. The molecule has 1 saturated carbocycles. The zero-order valence-electron chi connectivity index (χ0n) is 12.4. The number of aryl methyl sites for hydroxylation is 1. The van der Waals surface area contributed by atoms with E-state index >= 15 is 0 Å². The maximum absolute atomic E-state index is 11.5. The second-order valence-corrected chi connectivity index (χ2v) is 5.39. The van der Waals surface area contributed by atoms with Crippen molar-refractivity contribution in [3.05, 3.63) is 18.2 Å². The van der Waals surface area contributed by atoms with E-state index in [-0.39, 0.29) is 18.0 Å². The number of ether oxygens (including phenoxy) is 2. The van der Waals surface area contributed by atoms with Gasteiger partial charge in [-0.05, 0) is 32.1 Å². The van der Waals surface area contributed by atoms with Gasteiger partial charge in [-0.2, -0.15) is 0 Å². The molecule has 5 heteroatoms. The predicted molar refractivity (Wildman–Crippen MR) is 75.1 cm³/mol. The van der Waals surface area contributed by atoms with Gasteiger partial charge in [0.2, 0.25) is 0 Å². The number of carbonyl (C=O) groups is 1. The Morgan fingerprint density at radius 1 is 1.40 bits per heavy atom. The minimum Gasteiger partial charge on any atom is -0.469 e. The molecule has 5 nitrogen and oxygen atoms in total. The molecule has 1 aliphatic rings. The quantitative estimate of drug-likeness (QED) is 0.751. The van der Waals surface area contributed by atoms with E-state index in [4.69, 9.17) is 9.47 Å². The zero-order valence-corrected chi connectivity index (χ0v) is 12.4. The lowest BCUT2D eigenvalue weighted by Crippen LogP contribution is -2.27. The number of nitrogens with zero attached hydrogens (tertiary/aromatic N) is 2. The first-order valence-electron chi connectivity index (χ1n) is 7.43. The van der Waals surface area contributed by atoms with Gasteiger partial charge in [0, 0.05) is 6.54 Å². The maximum atomic E-state index is 11.5. The molecule has 0 radical (unpaired) electrons. The van der Waals surface area contributed by atoms with Crippen molar-refractivity contribution in [1.82, 2.24) is 9.55 Å². The molecule has 0 aliphatic heterocycles. The van der Waals surface area contributed by atoms with Crippen LogP contribution in [-0.2, 0) is 27.4 Å². The van der Waals surface area contributed by atoms with Gasteiger partial charge < -0.3 is 14.0 Å². The van der Waals surface area contributed by atoms with Gasteiger partial charge in [-0.3, -0.25) is 4.79 Å². The molecule has 0 amide bonds. The molecule has 0 bridgehead atoms. The molecule has 0 spiro atoms. The topological polar surface area (TPSA) is 53.4 Å². The highest BCUT2D eigenvalue weighted by atomic mass is 16.5. The predicted octanol–water partition coefficient (Wildman–Crippen LogP) is 2.54. The van der Waals surface area contributed by atoms with Crippen LogP contribution in [0.25, 0.3) is 0 Å². The number of aromatic nitrogens is 2. The number of hydrogen-bond acceptors (Lipinski definition) is 4. The van der Waals surface area contributed by atoms with Gasteiger partial charge in [-0.1, -0.05) is 6.92 Å². The average molecular weight is 280 g/mol. The minimum atomic E-state index is -0.0792. The van der Waals surface area contributed by atoms with Crippen LogP contribution in [0.5, 0.6) is 0 Å². The Bertz CT molecular complexity index is 423. The van der Waals surface area contributed by atoms with E-state index < -0.39 is 0 Å². The Morgan fingerprint density at radius 2 is 2.15 bits per heavy atom. The fourth-order valence-corrected chi connectivity index (χ4v) is 2.75. The summed E-state index contributed by atoms with van der Waals surface area (Å²) in [5.41, 5.74) is 1.13. The third-order valence-electron chi connectivity index (χ3n) is 3.94. The SMILES string of the molecule is CCCn1cncc1COC1CCC(C(=O)OC)CC1. The molecule has 0 atom stereocenters. The Balaban J connectivity index is 1.76. The molecule has 1 heterocycles. The fraction of sp³-hybridized carbons (Fsp3) is 0.733. The largest absolute Gasteiger partial charge is 0.469 e. The third-order valence-corrected chi connectivity index (χ3v) is 3.94. The molecule has 20 heavy (non-hydrogen) atoms. The lowest BCUT2D eigenvalue weighted by atomic mass is 9.87. The van der Waals surface area contributed by atoms with E-state index in [9.17, 15) is 4.79 Å². The van der Waals surface area contributed by atoms with Crippen molar-refractivity contribution in [2.24, 2.45) is 5.92 Å². The molecule has 0 unspecified atom stereocenters. The zero-order chi connectivity index (χ0) is 14.4. The maximum Gasteiger partial charge on any atom is 0.308 e. The highest BCUT2D eigenvalue weighted by Crippen LogP contribution is 2.27. The van der Waals surface area contributed by atoms with Gasteiger partial charge >= 0.3 is 5.97 Å². The summed E-state index contributed by atoms with van der Waals surface area (Å²) in [6.45, 7) is 3.74. The van der Waals surface area contributed by atoms with Gasteiger partial charge in [-0.25, -0.2) is 4.98 Å². The van der Waals surface area contributed by atoms with Crippen molar-refractivity contribution >= 4 is 5.97 Å². The van der Waals surface area contributed by atoms with Gasteiger partial charge in [0.1, 0.15) is 0 Å². The Hall–Kier alpha value is -1.36. The monoisotopic (exact) mass is 280 g/mol. The van der Waals surface area contributed by atoms with Crippen LogP contribution in [-0.4, -0.2) is 28.7 Å². The summed E-state index contributed by atoms with van der Waals surface area (Å²) in [6, 6.07) is 0. The van der Waals surface area contributed by atoms with Crippen LogP contribution < -0.4 is 0 Å². The minimum absolute atomic E-state index is 0.0606. The lowest BCUT2D eigenvalue weighted by Gasteiger charge is -2.27. The Kier molecular flexibility index (Phi) is 5.59. The summed E-state index contributed by atoms with van der Waals surface area (Å²) in [7, 11) is 1.46. The number of hydrogen-bond donors (Lipinski definition) is 0. The number of rotatable bonds is 6. The van der Waals surface area contributed by atoms with Gasteiger partial charge in [0.25, 0.3) is 0 Å². The molecule has 2 rings (SSSR count). The van der Waals surface area contributed by atoms with Crippen molar-refractivity contribution in [1.29, 1.82) is 0 Å². The highest BCUT2D eigenvalue weighted by Gasteiger charge is 2.27. The summed E-state index contributed by atoms with van der Waals surface area (Å²) in [5.74, 6) is -0.0186. The molecule has 0 aromatic carbocycles. The van der Waals surface area contributed by atoms with Crippen molar-refractivity contribution in [3.8, 4) is 0 Å².